The number of carbonyl (C=O) groups is 1. The molecule has 0 aromatic rings. The average Bonchev–Trinajstić information content (AvgIpc) is 2.48. The van der Waals surface area contributed by atoms with Gasteiger partial charge in [0.2, 0.25) is 0 Å². The highest BCUT2D eigenvalue weighted by molar-refractivity contribution is 5.72. The summed E-state index contributed by atoms with van der Waals surface area (Å²) in [7, 11) is 0. The van der Waals surface area contributed by atoms with E-state index < -0.39 is 0 Å². The maximum Gasteiger partial charge on any atom is 0.314 e. The summed E-state index contributed by atoms with van der Waals surface area (Å²) in [5.41, 5.74) is 5.14. The van der Waals surface area contributed by atoms with Crippen molar-refractivity contribution in [2.24, 2.45) is 17.6 Å². The molecule has 128 valence electrons. The summed E-state index contributed by atoms with van der Waals surface area (Å²) in [6.07, 6.45) is 7.65. The summed E-state index contributed by atoms with van der Waals surface area (Å²) in [5, 5.41) is 3.35. The Bertz CT molecular complexity index is 244. The zero-order valence-corrected chi connectivity index (χ0v) is 12.7. The highest BCUT2D eigenvalue weighted by Crippen LogP contribution is 2.19. The maximum absolute atomic E-state index is 10.7. The molecule has 4 nitrogen and oxygen atoms in total. The summed E-state index contributed by atoms with van der Waals surface area (Å²) in [6.45, 7) is 8.69. The minimum atomic E-state index is -0.264. The Morgan fingerprint density at radius 1 is 1.00 bits per heavy atom. The molecule has 0 radical (unpaired) electrons. The number of urea groups is 1. The van der Waals surface area contributed by atoms with E-state index in [0.29, 0.717) is 0 Å². The van der Waals surface area contributed by atoms with Crippen LogP contribution >= 0.6 is 0 Å². The summed E-state index contributed by atoms with van der Waals surface area (Å²) >= 11 is 0. The first-order chi connectivity index (χ1) is 9.17. The van der Waals surface area contributed by atoms with E-state index in [1.165, 1.54) is 38.8 Å². The Hall–Kier alpha value is -0.770. The van der Waals surface area contributed by atoms with E-state index in [1.807, 2.05) is 0 Å². The van der Waals surface area contributed by atoms with E-state index in [0.717, 1.165) is 37.8 Å². The fourth-order valence-electron chi connectivity index (χ4n) is 2.85. The highest BCUT2D eigenvalue weighted by atomic mass is 16.2. The van der Waals surface area contributed by atoms with E-state index in [2.05, 4.69) is 19.2 Å². The molecule has 0 saturated carbocycles. The van der Waals surface area contributed by atoms with Gasteiger partial charge in [0.25, 0.3) is 0 Å². The number of nitrogens with two attached hydrogens (primary N) is 1. The summed E-state index contributed by atoms with van der Waals surface area (Å²) in [4.78, 5) is 12.4. The van der Waals surface area contributed by atoms with Gasteiger partial charge in [-0.1, -0.05) is 41.5 Å². The largest absolute Gasteiger partial charge is 0.351 e. The van der Waals surface area contributed by atoms with E-state index in [4.69, 9.17) is 5.73 Å². The number of nitrogens with one attached hydrogen (secondary N) is 1. The van der Waals surface area contributed by atoms with Crippen LogP contribution in [0.2, 0.25) is 0 Å². The van der Waals surface area contributed by atoms with Gasteiger partial charge in [-0.15, -0.1) is 0 Å². The van der Waals surface area contributed by atoms with Gasteiger partial charge in [-0.05, 0) is 50.6 Å². The standard InChI is InChI=1S/C8H16N2O.C7H15N.2CH4/c1-2-7-3-5-10(6-4-7)8(9)11;1-2-7-3-5-8-6-4-7;;/h7H,2-6H2,1H3,(H2,9,11);7-8H,2-6H2,1H3;2*1H4. The lowest BCUT2D eigenvalue weighted by atomic mass is 9.95. The molecule has 4 heteroatoms. The lowest BCUT2D eigenvalue weighted by Crippen LogP contribution is -2.41. The number of hydrogen-bond donors (Lipinski definition) is 2. The fraction of sp³-hybridized carbons (Fsp3) is 0.941. The maximum atomic E-state index is 10.7. The molecule has 21 heavy (non-hydrogen) atoms. The van der Waals surface area contributed by atoms with Crippen LogP contribution in [0.4, 0.5) is 4.79 Å². The molecule has 3 N–H and O–H groups in total. The molecule has 2 aliphatic rings. The van der Waals surface area contributed by atoms with Gasteiger partial charge < -0.3 is 16.0 Å². The van der Waals surface area contributed by atoms with Gasteiger partial charge in [0.15, 0.2) is 0 Å². The third-order valence-electron chi connectivity index (χ3n) is 4.54. The Morgan fingerprint density at radius 2 is 1.43 bits per heavy atom. The van der Waals surface area contributed by atoms with Crippen LogP contribution in [0, 0.1) is 11.8 Å². The van der Waals surface area contributed by atoms with Crippen molar-refractivity contribution >= 4 is 6.03 Å². The van der Waals surface area contributed by atoms with Crippen LogP contribution in [0.1, 0.15) is 67.2 Å². The quantitative estimate of drug-likeness (QED) is 0.813. The van der Waals surface area contributed by atoms with Crippen LogP contribution in [0.3, 0.4) is 0 Å². The molecule has 2 amide bonds. The molecule has 0 atom stereocenters. The molecule has 0 spiro atoms. The second kappa shape index (κ2) is 12.9. The lowest BCUT2D eigenvalue weighted by molar-refractivity contribution is 0.178. The van der Waals surface area contributed by atoms with Gasteiger partial charge in [-0.2, -0.15) is 0 Å². The normalized spacial score (nSPS) is 19.6. The smallest absolute Gasteiger partial charge is 0.314 e. The van der Waals surface area contributed by atoms with Gasteiger partial charge in [0.05, 0.1) is 0 Å². The minimum absolute atomic E-state index is 0. The van der Waals surface area contributed by atoms with Crippen LogP contribution in [0.25, 0.3) is 0 Å². The third-order valence-corrected chi connectivity index (χ3v) is 4.54. The Kier molecular flexibility index (Phi) is 13.9. The van der Waals surface area contributed by atoms with Gasteiger partial charge in [0, 0.05) is 13.1 Å². The predicted molar refractivity (Wildman–Crippen MR) is 93.5 cm³/mol. The molecule has 2 fully saturated rings. The number of likely N-dealkylation sites (tertiary alicyclic amines) is 1. The third kappa shape index (κ3) is 8.97. The van der Waals surface area contributed by atoms with Crippen molar-refractivity contribution in [3.63, 3.8) is 0 Å². The van der Waals surface area contributed by atoms with Gasteiger partial charge >= 0.3 is 6.03 Å². The first kappa shape index (κ1) is 22.5. The number of amides is 2. The molecule has 0 aromatic heterocycles. The molecule has 0 bridgehead atoms. The van der Waals surface area contributed by atoms with Crippen LogP contribution in [-0.2, 0) is 0 Å². The Balaban J connectivity index is 0. The molecule has 0 unspecified atom stereocenters. The topological polar surface area (TPSA) is 58.4 Å². The highest BCUT2D eigenvalue weighted by Gasteiger charge is 2.19. The predicted octanol–water partition coefficient (Wildman–Crippen LogP) is 3.86. The molecule has 2 saturated heterocycles. The van der Waals surface area contributed by atoms with Crippen molar-refractivity contribution in [3.05, 3.63) is 0 Å². The summed E-state index contributed by atoms with van der Waals surface area (Å²) in [6, 6.07) is -0.264. The molecular weight excluding hydrogens is 262 g/mol. The SMILES string of the molecule is C.C.CCC1CCN(C(N)=O)CC1.CCC1CCNCC1. The van der Waals surface area contributed by atoms with E-state index >= 15 is 0 Å². The van der Waals surface area contributed by atoms with Crippen molar-refractivity contribution in [1.82, 2.24) is 10.2 Å². The number of primary amides is 1. The molecule has 2 heterocycles. The van der Waals surface area contributed by atoms with Gasteiger partial charge in [-0.3, -0.25) is 0 Å². The van der Waals surface area contributed by atoms with Crippen LogP contribution in [0.5, 0.6) is 0 Å². The average molecular weight is 302 g/mol. The van der Waals surface area contributed by atoms with Crippen LogP contribution in [-0.4, -0.2) is 37.1 Å². The number of nitrogens with zero attached hydrogens (tertiary/aromatic N) is 1. The second-order valence-electron chi connectivity index (χ2n) is 5.78. The van der Waals surface area contributed by atoms with Crippen molar-refractivity contribution in [1.29, 1.82) is 0 Å². The van der Waals surface area contributed by atoms with Crippen molar-refractivity contribution in [2.75, 3.05) is 26.2 Å². The molecule has 0 aliphatic carbocycles. The first-order valence-corrected chi connectivity index (χ1v) is 7.92. The van der Waals surface area contributed by atoms with E-state index in [-0.39, 0.29) is 20.9 Å². The summed E-state index contributed by atoms with van der Waals surface area (Å²) in [5.74, 6) is 1.84. The molecule has 0 aromatic carbocycles. The molecule has 2 rings (SSSR count). The van der Waals surface area contributed by atoms with Crippen molar-refractivity contribution in [3.8, 4) is 0 Å². The number of rotatable bonds is 2. The minimum Gasteiger partial charge on any atom is -0.351 e. The lowest BCUT2D eigenvalue weighted by Gasteiger charge is -2.29. The first-order valence-electron chi connectivity index (χ1n) is 7.92. The number of hydrogen-bond acceptors (Lipinski definition) is 2. The van der Waals surface area contributed by atoms with Crippen molar-refractivity contribution in [2.45, 2.75) is 67.2 Å². The Labute approximate surface area is 132 Å². The molecular formula is C17H39N3O. The van der Waals surface area contributed by atoms with Gasteiger partial charge in [-0.25, -0.2) is 4.79 Å². The zero-order chi connectivity index (χ0) is 14.1. The molecule has 2 aliphatic heterocycles. The number of piperidine rings is 2. The monoisotopic (exact) mass is 301 g/mol. The van der Waals surface area contributed by atoms with Crippen LogP contribution in [0.15, 0.2) is 0 Å². The van der Waals surface area contributed by atoms with Crippen LogP contribution < -0.4 is 11.1 Å². The van der Waals surface area contributed by atoms with E-state index in [1.54, 1.807) is 4.90 Å². The Morgan fingerprint density at radius 3 is 1.76 bits per heavy atom. The summed E-state index contributed by atoms with van der Waals surface area (Å²) < 4.78 is 0. The second-order valence-corrected chi connectivity index (χ2v) is 5.78. The number of carbonyl (C=O) groups excluding carboxylic acids is 1. The van der Waals surface area contributed by atoms with Gasteiger partial charge in [0.1, 0.15) is 0 Å². The fourth-order valence-corrected chi connectivity index (χ4v) is 2.85. The zero-order valence-electron chi connectivity index (χ0n) is 12.7. The van der Waals surface area contributed by atoms with E-state index in [9.17, 15) is 4.79 Å². The van der Waals surface area contributed by atoms with Crippen molar-refractivity contribution < 1.29 is 4.79 Å².